The predicted octanol–water partition coefficient (Wildman–Crippen LogP) is 3.05. The summed E-state index contributed by atoms with van der Waals surface area (Å²) in [5.74, 6) is 1.80. The third-order valence-electron chi connectivity index (χ3n) is 2.88. The Balaban J connectivity index is 1.88. The molecule has 0 aliphatic heterocycles. The highest BCUT2D eigenvalue weighted by Crippen LogP contribution is 2.35. The molecule has 82 valence electrons. The van der Waals surface area contributed by atoms with Gasteiger partial charge in [-0.1, -0.05) is 23.2 Å². The normalized spacial score (nSPS) is 16.1. The summed E-state index contributed by atoms with van der Waals surface area (Å²) in [5.41, 5.74) is 0.832. The van der Waals surface area contributed by atoms with Crippen molar-refractivity contribution in [2.45, 2.75) is 25.2 Å². The van der Waals surface area contributed by atoms with E-state index in [9.17, 15) is 0 Å². The van der Waals surface area contributed by atoms with Crippen LogP contribution in [0.15, 0.2) is 22.9 Å². The molecule has 16 heavy (non-hydrogen) atoms. The van der Waals surface area contributed by atoms with E-state index in [0.29, 0.717) is 16.9 Å². The molecule has 3 rings (SSSR count). The first-order valence-corrected chi connectivity index (χ1v) is 5.66. The van der Waals surface area contributed by atoms with Crippen LogP contribution in [-0.4, -0.2) is 15.1 Å². The van der Waals surface area contributed by atoms with Crippen molar-refractivity contribution in [2.24, 2.45) is 0 Å². The Kier molecular flexibility index (Phi) is 2.36. The molecule has 0 aromatic carbocycles. The van der Waals surface area contributed by atoms with E-state index in [1.54, 1.807) is 12.3 Å². The fraction of sp³-hybridized carbons (Fsp3) is 0.364. The molecule has 2 aromatic heterocycles. The Hall–Kier alpha value is -1.42. The summed E-state index contributed by atoms with van der Waals surface area (Å²) < 4.78 is 5.23. The first-order chi connectivity index (χ1) is 7.83. The third-order valence-corrected chi connectivity index (χ3v) is 3.11. The molecule has 0 spiro atoms. The van der Waals surface area contributed by atoms with Gasteiger partial charge < -0.3 is 4.52 Å². The fourth-order valence-electron chi connectivity index (χ4n) is 1.68. The molecule has 0 saturated heterocycles. The van der Waals surface area contributed by atoms with E-state index in [1.807, 2.05) is 6.07 Å². The van der Waals surface area contributed by atoms with E-state index < -0.39 is 0 Å². The Labute approximate surface area is 97.7 Å². The highest BCUT2D eigenvalue weighted by Gasteiger charge is 2.25. The maximum atomic E-state index is 5.71. The number of rotatable bonds is 2. The highest BCUT2D eigenvalue weighted by molar-refractivity contribution is 6.29. The van der Waals surface area contributed by atoms with Crippen LogP contribution >= 0.6 is 11.6 Å². The van der Waals surface area contributed by atoms with Crippen LogP contribution in [0.3, 0.4) is 0 Å². The van der Waals surface area contributed by atoms with E-state index in [-0.39, 0.29) is 0 Å². The summed E-state index contributed by atoms with van der Waals surface area (Å²) in [7, 11) is 0. The van der Waals surface area contributed by atoms with Gasteiger partial charge >= 0.3 is 0 Å². The zero-order chi connectivity index (χ0) is 11.0. The Morgan fingerprint density at radius 3 is 2.81 bits per heavy atom. The summed E-state index contributed by atoms with van der Waals surface area (Å²) >= 11 is 5.71. The average Bonchev–Trinajstić information content (AvgIpc) is 2.65. The van der Waals surface area contributed by atoms with Crippen molar-refractivity contribution in [3.05, 3.63) is 29.4 Å². The molecule has 1 saturated carbocycles. The summed E-state index contributed by atoms with van der Waals surface area (Å²) in [6.45, 7) is 0. The van der Waals surface area contributed by atoms with Gasteiger partial charge in [0.25, 0.3) is 0 Å². The smallest absolute Gasteiger partial charge is 0.230 e. The van der Waals surface area contributed by atoms with Gasteiger partial charge in [0.15, 0.2) is 0 Å². The molecule has 1 fully saturated rings. The molecule has 0 bridgehead atoms. The third kappa shape index (κ3) is 1.69. The molecule has 2 aromatic rings. The largest absolute Gasteiger partial charge is 0.339 e. The van der Waals surface area contributed by atoms with Gasteiger partial charge in [0, 0.05) is 17.7 Å². The summed E-state index contributed by atoms with van der Waals surface area (Å²) in [4.78, 5) is 8.36. The van der Waals surface area contributed by atoms with Gasteiger partial charge in [-0.05, 0) is 25.0 Å². The second-order valence-corrected chi connectivity index (χ2v) is 4.34. The van der Waals surface area contributed by atoms with E-state index in [1.165, 1.54) is 6.42 Å². The lowest BCUT2D eigenvalue weighted by Gasteiger charge is -2.20. The van der Waals surface area contributed by atoms with Gasteiger partial charge in [-0.2, -0.15) is 4.98 Å². The zero-order valence-electron chi connectivity index (χ0n) is 8.56. The van der Waals surface area contributed by atoms with E-state index >= 15 is 0 Å². The number of hydrogen-bond acceptors (Lipinski definition) is 4. The minimum atomic E-state index is 0.460. The number of pyridine rings is 1. The van der Waals surface area contributed by atoms with Gasteiger partial charge in [-0.3, -0.25) is 0 Å². The molecule has 4 nitrogen and oxygen atoms in total. The van der Waals surface area contributed by atoms with E-state index in [2.05, 4.69) is 15.1 Å². The molecular formula is C11H10ClN3O. The average molecular weight is 236 g/mol. The zero-order valence-corrected chi connectivity index (χ0v) is 9.31. The number of halogens is 1. The lowest BCUT2D eigenvalue weighted by molar-refractivity contribution is 0.292. The summed E-state index contributed by atoms with van der Waals surface area (Å²) in [6, 6.07) is 3.56. The Morgan fingerprint density at radius 1 is 1.31 bits per heavy atom. The number of nitrogens with zero attached hydrogens (tertiary/aromatic N) is 3. The highest BCUT2D eigenvalue weighted by atomic mass is 35.5. The number of hydrogen-bond donors (Lipinski definition) is 0. The molecule has 5 heteroatoms. The second kappa shape index (κ2) is 3.87. The lowest BCUT2D eigenvalue weighted by atomic mass is 9.85. The van der Waals surface area contributed by atoms with Gasteiger partial charge in [0.1, 0.15) is 5.15 Å². The van der Waals surface area contributed by atoms with Crippen molar-refractivity contribution in [3.8, 4) is 11.4 Å². The fourth-order valence-corrected chi connectivity index (χ4v) is 1.79. The van der Waals surface area contributed by atoms with E-state index in [0.717, 1.165) is 24.3 Å². The van der Waals surface area contributed by atoms with Crippen LogP contribution in [0.4, 0.5) is 0 Å². The molecule has 0 unspecified atom stereocenters. The molecule has 0 amide bonds. The Morgan fingerprint density at radius 2 is 2.19 bits per heavy atom. The van der Waals surface area contributed by atoms with Crippen LogP contribution < -0.4 is 0 Å². The van der Waals surface area contributed by atoms with E-state index in [4.69, 9.17) is 16.1 Å². The van der Waals surface area contributed by atoms with Gasteiger partial charge in [0.2, 0.25) is 11.7 Å². The maximum Gasteiger partial charge on any atom is 0.230 e. The minimum Gasteiger partial charge on any atom is -0.339 e. The molecule has 0 atom stereocenters. The van der Waals surface area contributed by atoms with Crippen LogP contribution in [0, 0.1) is 0 Å². The first kappa shape index (κ1) is 9.78. The quantitative estimate of drug-likeness (QED) is 0.751. The van der Waals surface area contributed by atoms with Crippen LogP contribution in [-0.2, 0) is 0 Å². The maximum absolute atomic E-state index is 5.71. The van der Waals surface area contributed by atoms with Crippen molar-refractivity contribution < 1.29 is 4.52 Å². The monoisotopic (exact) mass is 235 g/mol. The van der Waals surface area contributed by atoms with Crippen molar-refractivity contribution in [1.82, 2.24) is 15.1 Å². The summed E-state index contributed by atoms with van der Waals surface area (Å²) in [5, 5.41) is 4.41. The van der Waals surface area contributed by atoms with Gasteiger partial charge in [-0.15, -0.1) is 0 Å². The van der Waals surface area contributed by atoms with Crippen molar-refractivity contribution >= 4 is 11.6 Å². The predicted molar refractivity (Wildman–Crippen MR) is 59.1 cm³/mol. The molecule has 1 aliphatic rings. The van der Waals surface area contributed by atoms with Crippen LogP contribution in [0.2, 0.25) is 5.15 Å². The lowest BCUT2D eigenvalue weighted by Crippen LogP contribution is -2.08. The van der Waals surface area contributed by atoms with Crippen LogP contribution in [0.1, 0.15) is 31.1 Å². The topological polar surface area (TPSA) is 51.8 Å². The molecule has 1 aliphatic carbocycles. The minimum absolute atomic E-state index is 0.460. The van der Waals surface area contributed by atoms with Crippen molar-refractivity contribution in [3.63, 3.8) is 0 Å². The van der Waals surface area contributed by atoms with Crippen molar-refractivity contribution in [2.75, 3.05) is 0 Å². The van der Waals surface area contributed by atoms with Gasteiger partial charge in [-0.25, -0.2) is 4.98 Å². The number of aromatic nitrogens is 3. The standard InChI is InChI=1S/C11H10ClN3O/c12-9-5-4-8(6-13-9)10-14-11(16-15-10)7-2-1-3-7/h4-7H,1-3H2. The molecular weight excluding hydrogens is 226 g/mol. The summed E-state index contributed by atoms with van der Waals surface area (Å²) in [6.07, 6.45) is 5.21. The Bertz CT molecular complexity index is 490. The van der Waals surface area contributed by atoms with Crippen molar-refractivity contribution in [1.29, 1.82) is 0 Å². The molecule has 2 heterocycles. The first-order valence-electron chi connectivity index (χ1n) is 5.28. The van der Waals surface area contributed by atoms with Crippen LogP contribution in [0.5, 0.6) is 0 Å². The molecule has 0 radical (unpaired) electrons. The SMILES string of the molecule is Clc1ccc(-c2noc(C3CCC3)n2)cn1. The van der Waals surface area contributed by atoms with Crippen LogP contribution in [0.25, 0.3) is 11.4 Å². The van der Waals surface area contributed by atoms with Gasteiger partial charge in [0.05, 0.1) is 0 Å². The second-order valence-electron chi connectivity index (χ2n) is 3.95. The molecule has 0 N–H and O–H groups in total.